The molecule has 0 amide bonds. The summed E-state index contributed by atoms with van der Waals surface area (Å²) in [6, 6.07) is 3.92. The summed E-state index contributed by atoms with van der Waals surface area (Å²) >= 11 is 8.33. The molecule has 0 bridgehead atoms. The highest BCUT2D eigenvalue weighted by Gasteiger charge is 2.10. The Morgan fingerprint density at radius 3 is 2.75 bits per heavy atom. The van der Waals surface area contributed by atoms with E-state index in [1.165, 1.54) is 0 Å². The van der Waals surface area contributed by atoms with Gasteiger partial charge in [-0.3, -0.25) is 4.98 Å². The van der Waals surface area contributed by atoms with Crippen molar-refractivity contribution < 1.29 is 5.11 Å². The first-order valence-electron chi connectivity index (χ1n) is 4.66. The lowest BCUT2D eigenvalue weighted by molar-refractivity contribution is 0.179. The van der Waals surface area contributed by atoms with Crippen LogP contribution in [0, 0.1) is 0 Å². The summed E-state index contributed by atoms with van der Waals surface area (Å²) in [5.41, 5.74) is 1.96. The number of hydrogen-bond donors (Lipinski definition) is 1. The number of rotatable bonds is 3. The molecule has 2 heterocycles. The fourth-order valence-electron chi connectivity index (χ4n) is 1.41. The third-order valence-corrected chi connectivity index (χ3v) is 4.12. The van der Waals surface area contributed by atoms with Crippen LogP contribution in [0.25, 0.3) is 0 Å². The molecule has 2 nitrogen and oxygen atoms in total. The topological polar surface area (TPSA) is 33.1 Å². The van der Waals surface area contributed by atoms with Crippen molar-refractivity contribution in [3.8, 4) is 0 Å². The van der Waals surface area contributed by atoms with Gasteiger partial charge in [0.15, 0.2) is 0 Å². The van der Waals surface area contributed by atoms with Gasteiger partial charge in [-0.15, -0.1) is 11.3 Å². The molecule has 2 rings (SSSR count). The second kappa shape index (κ2) is 5.40. The Labute approximate surface area is 115 Å². The second-order valence-electron chi connectivity index (χ2n) is 3.42. The van der Waals surface area contributed by atoms with Crippen LogP contribution in [-0.4, -0.2) is 10.1 Å². The van der Waals surface area contributed by atoms with Crippen molar-refractivity contribution >= 4 is 43.2 Å². The number of thiophene rings is 1. The maximum Gasteiger partial charge on any atom is 0.0839 e. The van der Waals surface area contributed by atoms with Gasteiger partial charge in [-0.25, -0.2) is 0 Å². The maximum atomic E-state index is 10.0. The van der Waals surface area contributed by atoms with Crippen LogP contribution in [0.1, 0.15) is 17.2 Å². The Morgan fingerprint density at radius 2 is 2.12 bits per heavy atom. The van der Waals surface area contributed by atoms with Crippen LogP contribution < -0.4 is 0 Å². The number of nitrogens with zero attached hydrogens (tertiary/aromatic N) is 1. The van der Waals surface area contributed by atoms with Crippen LogP contribution in [0.5, 0.6) is 0 Å². The third kappa shape index (κ3) is 3.13. The van der Waals surface area contributed by atoms with Crippen molar-refractivity contribution in [3.05, 3.63) is 49.3 Å². The van der Waals surface area contributed by atoms with E-state index in [-0.39, 0.29) is 0 Å². The molecule has 0 spiro atoms. The molecular weight excluding hydrogens is 354 g/mol. The Balaban J connectivity index is 2.10. The molecule has 2 aromatic rings. The van der Waals surface area contributed by atoms with Gasteiger partial charge >= 0.3 is 0 Å². The summed E-state index contributed by atoms with van der Waals surface area (Å²) in [5.74, 6) is 0. The summed E-state index contributed by atoms with van der Waals surface area (Å²) in [6.45, 7) is 0. The molecular formula is C11H9Br2NOS. The Hall–Kier alpha value is -0.230. The summed E-state index contributed by atoms with van der Waals surface area (Å²) in [5, 5.41) is 12.0. The normalized spacial score (nSPS) is 12.7. The molecule has 5 heteroatoms. The van der Waals surface area contributed by atoms with Gasteiger partial charge in [0.05, 0.1) is 9.89 Å². The molecule has 0 fully saturated rings. The minimum atomic E-state index is -0.473. The molecule has 0 saturated heterocycles. The first-order valence-corrected chi connectivity index (χ1v) is 7.13. The third-order valence-electron chi connectivity index (χ3n) is 2.16. The minimum Gasteiger partial charge on any atom is -0.388 e. The van der Waals surface area contributed by atoms with Crippen LogP contribution in [0.4, 0.5) is 0 Å². The Kier molecular flexibility index (Phi) is 4.13. The zero-order valence-corrected chi connectivity index (χ0v) is 12.2. The van der Waals surface area contributed by atoms with E-state index in [2.05, 4.69) is 36.8 Å². The van der Waals surface area contributed by atoms with Crippen molar-refractivity contribution in [2.45, 2.75) is 12.5 Å². The average Bonchev–Trinajstić information content (AvgIpc) is 2.65. The smallest absolute Gasteiger partial charge is 0.0839 e. The maximum absolute atomic E-state index is 10.0. The SMILES string of the molecule is OC(Cc1cncc(Br)c1)c1csc(Br)c1. The lowest BCUT2D eigenvalue weighted by Gasteiger charge is -2.08. The van der Waals surface area contributed by atoms with E-state index in [1.54, 1.807) is 23.7 Å². The van der Waals surface area contributed by atoms with Gasteiger partial charge in [0.25, 0.3) is 0 Å². The molecule has 1 atom stereocenters. The van der Waals surface area contributed by atoms with Crippen LogP contribution in [0.15, 0.2) is 38.2 Å². The van der Waals surface area contributed by atoms with E-state index in [0.29, 0.717) is 6.42 Å². The molecule has 0 aromatic carbocycles. The standard InChI is InChI=1S/C11H9Br2NOS/c12-9-1-7(4-14-5-9)2-10(15)8-3-11(13)16-6-8/h1,3-6,10,15H,2H2. The van der Waals surface area contributed by atoms with Crippen molar-refractivity contribution in [1.29, 1.82) is 0 Å². The van der Waals surface area contributed by atoms with Crippen molar-refractivity contribution in [1.82, 2.24) is 4.98 Å². The number of pyridine rings is 1. The van der Waals surface area contributed by atoms with E-state index in [0.717, 1.165) is 19.4 Å². The largest absolute Gasteiger partial charge is 0.388 e. The number of halogens is 2. The highest BCUT2D eigenvalue weighted by molar-refractivity contribution is 9.11. The second-order valence-corrected chi connectivity index (χ2v) is 6.62. The molecule has 0 aliphatic heterocycles. The summed E-state index contributed by atoms with van der Waals surface area (Å²) < 4.78 is 1.97. The average molecular weight is 363 g/mol. The van der Waals surface area contributed by atoms with Gasteiger partial charge in [-0.05, 0) is 60.5 Å². The van der Waals surface area contributed by atoms with E-state index < -0.39 is 6.10 Å². The molecule has 1 unspecified atom stereocenters. The van der Waals surface area contributed by atoms with Gasteiger partial charge in [0.1, 0.15) is 0 Å². The molecule has 0 aliphatic rings. The lowest BCUT2D eigenvalue weighted by Crippen LogP contribution is -2.00. The minimum absolute atomic E-state index is 0.473. The van der Waals surface area contributed by atoms with Crippen LogP contribution in [-0.2, 0) is 6.42 Å². The summed E-state index contributed by atoms with van der Waals surface area (Å²) in [6.07, 6.45) is 3.61. The first-order chi connectivity index (χ1) is 7.65. The van der Waals surface area contributed by atoms with Crippen molar-refractivity contribution in [2.75, 3.05) is 0 Å². The monoisotopic (exact) mass is 361 g/mol. The molecule has 0 saturated carbocycles. The molecule has 1 N–H and O–H groups in total. The van der Waals surface area contributed by atoms with E-state index in [4.69, 9.17) is 0 Å². The van der Waals surface area contributed by atoms with Gasteiger partial charge in [-0.1, -0.05) is 0 Å². The zero-order chi connectivity index (χ0) is 11.5. The van der Waals surface area contributed by atoms with Crippen LogP contribution >= 0.6 is 43.2 Å². The van der Waals surface area contributed by atoms with Gasteiger partial charge in [-0.2, -0.15) is 0 Å². The van der Waals surface area contributed by atoms with Gasteiger partial charge in [0.2, 0.25) is 0 Å². The first kappa shape index (κ1) is 12.2. The molecule has 16 heavy (non-hydrogen) atoms. The Morgan fingerprint density at radius 1 is 1.31 bits per heavy atom. The number of aliphatic hydroxyl groups is 1. The highest BCUT2D eigenvalue weighted by Crippen LogP contribution is 2.27. The molecule has 84 valence electrons. The number of aliphatic hydroxyl groups excluding tert-OH is 1. The fraction of sp³-hybridized carbons (Fsp3) is 0.182. The van der Waals surface area contributed by atoms with Crippen molar-refractivity contribution in [3.63, 3.8) is 0 Å². The van der Waals surface area contributed by atoms with E-state index in [9.17, 15) is 5.11 Å². The molecule has 0 aliphatic carbocycles. The fourth-order valence-corrected chi connectivity index (χ4v) is 3.04. The molecule has 2 aromatic heterocycles. The van der Waals surface area contributed by atoms with Crippen molar-refractivity contribution in [2.24, 2.45) is 0 Å². The highest BCUT2D eigenvalue weighted by atomic mass is 79.9. The van der Waals surface area contributed by atoms with E-state index >= 15 is 0 Å². The number of hydrogen-bond acceptors (Lipinski definition) is 3. The predicted octanol–water partition coefficient (Wildman–Crippen LogP) is 3.94. The Bertz CT molecular complexity index is 486. The predicted molar refractivity (Wildman–Crippen MR) is 72.6 cm³/mol. The van der Waals surface area contributed by atoms with E-state index in [1.807, 2.05) is 17.5 Å². The van der Waals surface area contributed by atoms with Crippen LogP contribution in [0.3, 0.4) is 0 Å². The number of aromatic nitrogens is 1. The molecule has 0 radical (unpaired) electrons. The van der Waals surface area contributed by atoms with Gasteiger partial charge < -0.3 is 5.11 Å². The quantitative estimate of drug-likeness (QED) is 0.896. The summed E-state index contributed by atoms with van der Waals surface area (Å²) in [7, 11) is 0. The summed E-state index contributed by atoms with van der Waals surface area (Å²) in [4.78, 5) is 4.07. The lowest BCUT2D eigenvalue weighted by atomic mass is 10.1. The van der Waals surface area contributed by atoms with Gasteiger partial charge in [0, 0.05) is 23.3 Å². The van der Waals surface area contributed by atoms with Crippen LogP contribution in [0.2, 0.25) is 0 Å². The zero-order valence-electron chi connectivity index (χ0n) is 8.23.